The maximum Gasteiger partial charge on any atom is 0.178 e. The molecule has 3 nitrogen and oxygen atoms in total. The van der Waals surface area contributed by atoms with Crippen molar-refractivity contribution in [3.8, 4) is 0 Å². The summed E-state index contributed by atoms with van der Waals surface area (Å²) in [5.74, 6) is 0.911. The average molecular weight is 258 g/mol. The van der Waals surface area contributed by atoms with Gasteiger partial charge in [0, 0.05) is 0 Å². The second-order valence-corrected chi connectivity index (χ2v) is 4.85. The van der Waals surface area contributed by atoms with Crippen LogP contribution < -0.4 is 0 Å². The normalized spacial score (nSPS) is 13.0. The molecule has 3 aromatic rings. The Kier molecular flexibility index (Phi) is 2.59. The van der Waals surface area contributed by atoms with Gasteiger partial charge in [0.05, 0.1) is 23.3 Å². The van der Waals surface area contributed by atoms with Crippen LogP contribution in [0.3, 0.4) is 0 Å². The van der Waals surface area contributed by atoms with E-state index in [0.717, 1.165) is 21.6 Å². The fourth-order valence-electron chi connectivity index (χ4n) is 2.33. The fraction of sp³-hybridized carbons (Fsp3) is 0.214. The number of imidazole rings is 1. The number of para-hydroxylation sites is 1. The van der Waals surface area contributed by atoms with E-state index in [4.69, 9.17) is 16.6 Å². The molecule has 2 aromatic heterocycles. The van der Waals surface area contributed by atoms with E-state index in [2.05, 4.69) is 35.5 Å². The number of aromatic nitrogens is 2. The SMILES string of the molecule is Cc1cccc2c1[nH]c(=S)n2C(C)c1ccco1. The van der Waals surface area contributed by atoms with Crippen molar-refractivity contribution in [2.24, 2.45) is 0 Å². The zero-order chi connectivity index (χ0) is 12.7. The predicted molar refractivity (Wildman–Crippen MR) is 74.4 cm³/mol. The summed E-state index contributed by atoms with van der Waals surface area (Å²) in [5, 5.41) is 0. The number of aryl methyl sites for hydroxylation is 1. The van der Waals surface area contributed by atoms with Gasteiger partial charge in [0.25, 0.3) is 0 Å². The van der Waals surface area contributed by atoms with Gasteiger partial charge in [-0.15, -0.1) is 0 Å². The summed E-state index contributed by atoms with van der Waals surface area (Å²) in [6.07, 6.45) is 1.69. The van der Waals surface area contributed by atoms with E-state index < -0.39 is 0 Å². The van der Waals surface area contributed by atoms with Gasteiger partial charge in [0.1, 0.15) is 5.76 Å². The third-order valence-corrected chi connectivity index (χ3v) is 3.60. The minimum absolute atomic E-state index is 0.0862. The molecule has 0 aliphatic heterocycles. The Labute approximate surface area is 110 Å². The Balaban J connectivity index is 2.26. The van der Waals surface area contributed by atoms with E-state index in [1.165, 1.54) is 5.56 Å². The molecule has 1 N–H and O–H groups in total. The van der Waals surface area contributed by atoms with E-state index in [0.29, 0.717) is 0 Å². The van der Waals surface area contributed by atoms with Crippen molar-refractivity contribution in [3.63, 3.8) is 0 Å². The lowest BCUT2D eigenvalue weighted by Crippen LogP contribution is -2.05. The van der Waals surface area contributed by atoms with E-state index in [1.807, 2.05) is 18.2 Å². The summed E-state index contributed by atoms with van der Waals surface area (Å²) < 4.78 is 8.29. The molecule has 1 atom stereocenters. The summed E-state index contributed by atoms with van der Waals surface area (Å²) in [5.41, 5.74) is 3.41. The molecule has 3 rings (SSSR count). The Morgan fingerprint density at radius 3 is 2.83 bits per heavy atom. The maximum absolute atomic E-state index is 5.47. The molecule has 1 unspecified atom stereocenters. The first-order valence-electron chi connectivity index (χ1n) is 5.91. The highest BCUT2D eigenvalue weighted by Gasteiger charge is 2.15. The van der Waals surface area contributed by atoms with Gasteiger partial charge in [-0.2, -0.15) is 0 Å². The van der Waals surface area contributed by atoms with Crippen LogP contribution in [0.4, 0.5) is 0 Å². The molecular weight excluding hydrogens is 244 g/mol. The van der Waals surface area contributed by atoms with Crippen LogP contribution in [0.2, 0.25) is 0 Å². The predicted octanol–water partition coefficient (Wildman–Crippen LogP) is 4.21. The van der Waals surface area contributed by atoms with Crippen LogP contribution in [0.1, 0.15) is 24.3 Å². The molecule has 18 heavy (non-hydrogen) atoms. The van der Waals surface area contributed by atoms with Gasteiger partial charge < -0.3 is 14.0 Å². The summed E-state index contributed by atoms with van der Waals surface area (Å²) in [7, 11) is 0. The second kappa shape index (κ2) is 4.14. The monoisotopic (exact) mass is 258 g/mol. The summed E-state index contributed by atoms with van der Waals surface area (Å²) in [4.78, 5) is 3.27. The molecule has 0 amide bonds. The van der Waals surface area contributed by atoms with Crippen LogP contribution in [0.15, 0.2) is 41.0 Å². The number of benzene rings is 1. The first kappa shape index (κ1) is 11.3. The van der Waals surface area contributed by atoms with Crippen molar-refractivity contribution >= 4 is 23.3 Å². The van der Waals surface area contributed by atoms with Crippen molar-refractivity contribution < 1.29 is 4.42 Å². The van der Waals surface area contributed by atoms with Crippen LogP contribution in [-0.4, -0.2) is 9.55 Å². The molecule has 4 heteroatoms. The third-order valence-electron chi connectivity index (χ3n) is 3.30. The van der Waals surface area contributed by atoms with Gasteiger partial charge in [0.2, 0.25) is 0 Å². The maximum atomic E-state index is 5.47. The van der Waals surface area contributed by atoms with Gasteiger partial charge in [-0.25, -0.2) is 0 Å². The van der Waals surface area contributed by atoms with Crippen molar-refractivity contribution in [2.45, 2.75) is 19.9 Å². The fourth-order valence-corrected chi connectivity index (χ4v) is 2.69. The Hall–Kier alpha value is -1.81. The molecule has 2 heterocycles. The molecule has 0 aliphatic rings. The van der Waals surface area contributed by atoms with Crippen molar-refractivity contribution in [3.05, 3.63) is 52.7 Å². The van der Waals surface area contributed by atoms with Crippen molar-refractivity contribution in [1.29, 1.82) is 0 Å². The number of nitrogens with one attached hydrogen (secondary N) is 1. The van der Waals surface area contributed by atoms with Gasteiger partial charge >= 0.3 is 0 Å². The molecule has 0 saturated heterocycles. The number of aromatic amines is 1. The lowest BCUT2D eigenvalue weighted by Gasteiger charge is -2.12. The highest BCUT2D eigenvalue weighted by molar-refractivity contribution is 7.71. The number of furan rings is 1. The molecule has 1 aromatic carbocycles. The first-order chi connectivity index (χ1) is 8.68. The number of hydrogen-bond donors (Lipinski definition) is 1. The molecule has 0 spiro atoms. The van der Waals surface area contributed by atoms with Crippen LogP contribution >= 0.6 is 12.2 Å². The molecule has 0 aliphatic carbocycles. The lowest BCUT2D eigenvalue weighted by molar-refractivity contribution is 0.449. The van der Waals surface area contributed by atoms with Crippen LogP contribution in [0.5, 0.6) is 0 Å². The largest absolute Gasteiger partial charge is 0.467 e. The van der Waals surface area contributed by atoms with Gasteiger partial charge in [-0.05, 0) is 49.8 Å². The van der Waals surface area contributed by atoms with Crippen LogP contribution in [0.25, 0.3) is 11.0 Å². The minimum Gasteiger partial charge on any atom is -0.467 e. The topological polar surface area (TPSA) is 33.9 Å². The van der Waals surface area contributed by atoms with Crippen LogP contribution in [-0.2, 0) is 0 Å². The molecule has 0 saturated carbocycles. The number of H-pyrrole nitrogens is 1. The quantitative estimate of drug-likeness (QED) is 0.699. The van der Waals surface area contributed by atoms with Gasteiger partial charge in [0.15, 0.2) is 4.77 Å². The number of nitrogens with zero attached hydrogens (tertiary/aromatic N) is 1. The van der Waals surface area contributed by atoms with Crippen LogP contribution in [0, 0.1) is 11.7 Å². The highest BCUT2D eigenvalue weighted by Crippen LogP contribution is 2.25. The first-order valence-corrected chi connectivity index (χ1v) is 6.32. The second-order valence-electron chi connectivity index (χ2n) is 4.46. The lowest BCUT2D eigenvalue weighted by atomic mass is 10.2. The summed E-state index contributed by atoms with van der Waals surface area (Å²) in [6, 6.07) is 10.2. The molecule has 0 fully saturated rings. The zero-order valence-electron chi connectivity index (χ0n) is 10.3. The standard InChI is InChI=1S/C14H14N2OS/c1-9-5-3-6-11-13(9)15-14(18)16(11)10(2)12-7-4-8-17-12/h3-8,10H,1-2H3,(H,15,18). The summed E-state index contributed by atoms with van der Waals surface area (Å²) >= 11 is 5.43. The smallest absolute Gasteiger partial charge is 0.178 e. The molecule has 0 radical (unpaired) electrons. The number of hydrogen-bond acceptors (Lipinski definition) is 2. The van der Waals surface area contributed by atoms with E-state index in [1.54, 1.807) is 6.26 Å². The van der Waals surface area contributed by atoms with E-state index >= 15 is 0 Å². The average Bonchev–Trinajstić information content (AvgIpc) is 2.96. The van der Waals surface area contributed by atoms with Crippen molar-refractivity contribution in [1.82, 2.24) is 9.55 Å². The van der Waals surface area contributed by atoms with E-state index in [9.17, 15) is 0 Å². The summed E-state index contributed by atoms with van der Waals surface area (Å²) in [6.45, 7) is 4.17. The number of rotatable bonds is 2. The molecule has 0 bridgehead atoms. The molecule has 92 valence electrons. The zero-order valence-corrected chi connectivity index (χ0v) is 11.1. The Morgan fingerprint density at radius 1 is 1.28 bits per heavy atom. The highest BCUT2D eigenvalue weighted by atomic mass is 32.1. The van der Waals surface area contributed by atoms with E-state index in [-0.39, 0.29) is 6.04 Å². The van der Waals surface area contributed by atoms with Crippen molar-refractivity contribution in [2.75, 3.05) is 0 Å². The Bertz CT molecular complexity index is 737. The van der Waals surface area contributed by atoms with Gasteiger partial charge in [-0.1, -0.05) is 12.1 Å². The molecular formula is C14H14N2OS. The minimum atomic E-state index is 0.0862. The number of fused-ring (bicyclic) bond motifs is 1. The van der Waals surface area contributed by atoms with Gasteiger partial charge in [-0.3, -0.25) is 0 Å². The Morgan fingerprint density at radius 2 is 2.11 bits per heavy atom. The third kappa shape index (κ3) is 1.61.